The summed E-state index contributed by atoms with van der Waals surface area (Å²) in [5.41, 5.74) is 0. The zero-order valence-corrected chi connectivity index (χ0v) is 12.6. The predicted octanol–water partition coefficient (Wildman–Crippen LogP) is 3.63. The normalized spacial score (nSPS) is 13.9. The SMILES string of the molecule is CCCC(NCC)C(CC)Oc1ccc(OC)cc1. The molecule has 3 nitrogen and oxygen atoms in total. The molecule has 1 rings (SSSR count). The van der Waals surface area contributed by atoms with Crippen LogP contribution in [0.1, 0.15) is 40.0 Å². The van der Waals surface area contributed by atoms with Crippen molar-refractivity contribution in [3.63, 3.8) is 0 Å². The molecule has 0 aliphatic carbocycles. The zero-order valence-electron chi connectivity index (χ0n) is 12.6. The molecule has 0 fully saturated rings. The van der Waals surface area contributed by atoms with E-state index in [0.717, 1.165) is 30.9 Å². The molecular formula is C16H27NO2. The summed E-state index contributed by atoms with van der Waals surface area (Å²) in [4.78, 5) is 0. The van der Waals surface area contributed by atoms with Crippen LogP contribution in [0, 0.1) is 0 Å². The van der Waals surface area contributed by atoms with Gasteiger partial charge in [-0.1, -0.05) is 27.2 Å². The number of ether oxygens (including phenoxy) is 2. The first-order chi connectivity index (χ1) is 9.24. The van der Waals surface area contributed by atoms with Crippen LogP contribution in [0.3, 0.4) is 0 Å². The molecule has 1 N–H and O–H groups in total. The smallest absolute Gasteiger partial charge is 0.120 e. The second-order valence-electron chi connectivity index (χ2n) is 4.69. The molecule has 2 unspecified atom stereocenters. The summed E-state index contributed by atoms with van der Waals surface area (Å²) >= 11 is 0. The number of likely N-dealkylation sites (N-methyl/N-ethyl adjacent to an activating group) is 1. The van der Waals surface area contributed by atoms with Gasteiger partial charge in [0.2, 0.25) is 0 Å². The molecular weight excluding hydrogens is 238 g/mol. The summed E-state index contributed by atoms with van der Waals surface area (Å²) in [5, 5.41) is 3.53. The van der Waals surface area contributed by atoms with Crippen molar-refractivity contribution >= 4 is 0 Å². The van der Waals surface area contributed by atoms with Crippen LogP contribution >= 0.6 is 0 Å². The van der Waals surface area contributed by atoms with Crippen LogP contribution in [-0.4, -0.2) is 25.8 Å². The topological polar surface area (TPSA) is 30.5 Å². The number of hydrogen-bond donors (Lipinski definition) is 1. The molecule has 0 bridgehead atoms. The Morgan fingerprint density at radius 1 is 1.05 bits per heavy atom. The lowest BCUT2D eigenvalue weighted by Crippen LogP contribution is -2.42. The first kappa shape index (κ1) is 15.8. The molecule has 0 aliphatic rings. The van der Waals surface area contributed by atoms with Crippen LogP contribution < -0.4 is 14.8 Å². The standard InChI is InChI=1S/C16H27NO2/c1-5-8-15(17-7-3)16(6-2)19-14-11-9-13(18-4)10-12-14/h9-12,15-17H,5-8H2,1-4H3. The van der Waals surface area contributed by atoms with E-state index in [0.29, 0.717) is 6.04 Å². The number of nitrogens with one attached hydrogen (secondary N) is 1. The van der Waals surface area contributed by atoms with E-state index in [1.54, 1.807) is 7.11 Å². The Balaban J connectivity index is 2.67. The maximum Gasteiger partial charge on any atom is 0.120 e. The molecule has 0 aliphatic heterocycles. The average Bonchev–Trinajstić information content (AvgIpc) is 2.45. The Bertz CT molecular complexity index is 331. The minimum Gasteiger partial charge on any atom is -0.497 e. The Morgan fingerprint density at radius 2 is 1.68 bits per heavy atom. The van der Waals surface area contributed by atoms with Crippen LogP contribution in [0.4, 0.5) is 0 Å². The summed E-state index contributed by atoms with van der Waals surface area (Å²) < 4.78 is 11.3. The Hall–Kier alpha value is -1.22. The van der Waals surface area contributed by atoms with Crippen molar-refractivity contribution < 1.29 is 9.47 Å². The minimum absolute atomic E-state index is 0.216. The maximum absolute atomic E-state index is 6.11. The highest BCUT2D eigenvalue weighted by Gasteiger charge is 2.19. The quantitative estimate of drug-likeness (QED) is 0.739. The van der Waals surface area contributed by atoms with Crippen LogP contribution in [0.15, 0.2) is 24.3 Å². The summed E-state index contributed by atoms with van der Waals surface area (Å²) in [6.07, 6.45) is 3.53. The summed E-state index contributed by atoms with van der Waals surface area (Å²) in [6.45, 7) is 7.51. The molecule has 0 saturated heterocycles. The fourth-order valence-corrected chi connectivity index (χ4v) is 2.27. The van der Waals surface area contributed by atoms with E-state index in [1.165, 1.54) is 6.42 Å². The van der Waals surface area contributed by atoms with E-state index in [-0.39, 0.29) is 6.10 Å². The largest absolute Gasteiger partial charge is 0.497 e. The van der Waals surface area contributed by atoms with E-state index in [9.17, 15) is 0 Å². The van der Waals surface area contributed by atoms with Crippen molar-refractivity contribution in [2.75, 3.05) is 13.7 Å². The van der Waals surface area contributed by atoms with E-state index in [2.05, 4.69) is 26.1 Å². The Morgan fingerprint density at radius 3 is 2.16 bits per heavy atom. The molecule has 3 heteroatoms. The molecule has 0 heterocycles. The first-order valence-electron chi connectivity index (χ1n) is 7.29. The van der Waals surface area contributed by atoms with Gasteiger partial charge in [-0.25, -0.2) is 0 Å². The summed E-state index contributed by atoms with van der Waals surface area (Å²) in [7, 11) is 1.67. The second kappa shape index (κ2) is 8.81. The van der Waals surface area contributed by atoms with E-state index >= 15 is 0 Å². The third kappa shape index (κ3) is 5.11. The van der Waals surface area contributed by atoms with Gasteiger partial charge >= 0.3 is 0 Å². The maximum atomic E-state index is 6.11. The highest BCUT2D eigenvalue weighted by molar-refractivity contribution is 5.31. The van der Waals surface area contributed by atoms with Gasteiger partial charge in [-0.05, 0) is 43.7 Å². The van der Waals surface area contributed by atoms with Gasteiger partial charge in [-0.15, -0.1) is 0 Å². The van der Waals surface area contributed by atoms with Crippen LogP contribution in [0.25, 0.3) is 0 Å². The van der Waals surface area contributed by atoms with Gasteiger partial charge in [-0.3, -0.25) is 0 Å². The highest BCUT2D eigenvalue weighted by Crippen LogP contribution is 2.20. The molecule has 2 atom stereocenters. The lowest BCUT2D eigenvalue weighted by molar-refractivity contribution is 0.143. The van der Waals surface area contributed by atoms with Gasteiger partial charge < -0.3 is 14.8 Å². The van der Waals surface area contributed by atoms with Crippen molar-refractivity contribution in [2.24, 2.45) is 0 Å². The predicted molar refractivity (Wildman–Crippen MR) is 80.1 cm³/mol. The number of rotatable bonds is 9. The summed E-state index contributed by atoms with van der Waals surface area (Å²) in [6, 6.07) is 8.23. The van der Waals surface area contributed by atoms with Crippen LogP contribution in [0.5, 0.6) is 11.5 Å². The number of methoxy groups -OCH3 is 1. The Labute approximate surface area is 117 Å². The van der Waals surface area contributed by atoms with Crippen molar-refractivity contribution in [1.29, 1.82) is 0 Å². The zero-order chi connectivity index (χ0) is 14.1. The van der Waals surface area contributed by atoms with Crippen molar-refractivity contribution in [2.45, 2.75) is 52.2 Å². The van der Waals surface area contributed by atoms with E-state index in [4.69, 9.17) is 9.47 Å². The lowest BCUT2D eigenvalue weighted by atomic mass is 10.0. The molecule has 108 valence electrons. The molecule has 1 aromatic carbocycles. The first-order valence-corrected chi connectivity index (χ1v) is 7.29. The molecule has 0 saturated carbocycles. The number of hydrogen-bond acceptors (Lipinski definition) is 3. The van der Waals surface area contributed by atoms with E-state index < -0.39 is 0 Å². The molecule has 19 heavy (non-hydrogen) atoms. The van der Waals surface area contributed by atoms with Crippen molar-refractivity contribution in [1.82, 2.24) is 5.32 Å². The molecule has 1 aromatic rings. The molecule has 0 spiro atoms. The third-order valence-corrected chi connectivity index (χ3v) is 3.26. The van der Waals surface area contributed by atoms with Gasteiger partial charge in [-0.2, -0.15) is 0 Å². The van der Waals surface area contributed by atoms with E-state index in [1.807, 2.05) is 24.3 Å². The van der Waals surface area contributed by atoms with Crippen molar-refractivity contribution in [3.05, 3.63) is 24.3 Å². The Kier molecular flexibility index (Phi) is 7.34. The summed E-state index contributed by atoms with van der Waals surface area (Å²) in [5.74, 6) is 1.77. The van der Waals surface area contributed by atoms with Crippen LogP contribution in [0.2, 0.25) is 0 Å². The fraction of sp³-hybridized carbons (Fsp3) is 0.625. The average molecular weight is 265 g/mol. The monoisotopic (exact) mass is 265 g/mol. The third-order valence-electron chi connectivity index (χ3n) is 3.26. The number of benzene rings is 1. The van der Waals surface area contributed by atoms with Crippen LogP contribution in [-0.2, 0) is 0 Å². The van der Waals surface area contributed by atoms with Gasteiger partial charge in [0.25, 0.3) is 0 Å². The van der Waals surface area contributed by atoms with Gasteiger partial charge in [0.15, 0.2) is 0 Å². The fourth-order valence-electron chi connectivity index (χ4n) is 2.27. The van der Waals surface area contributed by atoms with Crippen molar-refractivity contribution in [3.8, 4) is 11.5 Å². The lowest BCUT2D eigenvalue weighted by Gasteiger charge is -2.27. The van der Waals surface area contributed by atoms with Gasteiger partial charge in [0.05, 0.1) is 7.11 Å². The second-order valence-corrected chi connectivity index (χ2v) is 4.69. The van der Waals surface area contributed by atoms with Gasteiger partial charge in [0.1, 0.15) is 17.6 Å². The highest BCUT2D eigenvalue weighted by atomic mass is 16.5. The molecule has 0 amide bonds. The molecule has 0 aromatic heterocycles. The van der Waals surface area contributed by atoms with Gasteiger partial charge in [0, 0.05) is 6.04 Å². The minimum atomic E-state index is 0.216. The molecule has 0 radical (unpaired) electrons.